The zero-order chi connectivity index (χ0) is 12.6. The highest BCUT2D eigenvalue weighted by Gasteiger charge is 2.44. The van der Waals surface area contributed by atoms with Crippen LogP contribution in [0.4, 0.5) is 0 Å². The van der Waals surface area contributed by atoms with Crippen molar-refractivity contribution >= 4 is 6.41 Å². The van der Waals surface area contributed by atoms with Gasteiger partial charge >= 0.3 is 0 Å². The second-order valence-corrected chi connectivity index (χ2v) is 6.14. The molecule has 0 N–H and O–H groups in total. The van der Waals surface area contributed by atoms with Gasteiger partial charge in [-0.15, -0.1) is 0 Å². The maximum Gasteiger partial charge on any atom is 0.209 e. The summed E-state index contributed by atoms with van der Waals surface area (Å²) < 4.78 is 0. The summed E-state index contributed by atoms with van der Waals surface area (Å²) in [6, 6.07) is 8.79. The van der Waals surface area contributed by atoms with Crippen LogP contribution >= 0.6 is 0 Å². The molecule has 0 unspecified atom stereocenters. The molecule has 0 radical (unpaired) electrons. The summed E-state index contributed by atoms with van der Waals surface area (Å²) in [6.07, 6.45) is 6.15. The van der Waals surface area contributed by atoms with E-state index in [0.717, 1.165) is 25.4 Å². The van der Waals surface area contributed by atoms with Crippen LogP contribution in [-0.4, -0.2) is 24.4 Å². The van der Waals surface area contributed by atoms with Gasteiger partial charge in [0.05, 0.1) is 0 Å². The molecule has 1 saturated carbocycles. The van der Waals surface area contributed by atoms with Gasteiger partial charge in [0.15, 0.2) is 0 Å². The van der Waals surface area contributed by atoms with E-state index >= 15 is 0 Å². The number of aryl methyl sites for hydroxylation is 1. The van der Waals surface area contributed by atoms with E-state index in [4.69, 9.17) is 0 Å². The highest BCUT2D eigenvalue weighted by Crippen LogP contribution is 2.48. The molecule has 0 bridgehead atoms. The number of carbonyl (C=O) groups excluding carboxylic acids is 1. The smallest absolute Gasteiger partial charge is 0.209 e. The number of likely N-dealkylation sites (tertiary alicyclic amines) is 1. The van der Waals surface area contributed by atoms with Gasteiger partial charge in [-0.1, -0.05) is 24.3 Å². The fourth-order valence-corrected chi connectivity index (χ4v) is 3.79. The number of hydrogen-bond donors (Lipinski definition) is 0. The van der Waals surface area contributed by atoms with Gasteiger partial charge < -0.3 is 4.90 Å². The highest BCUT2D eigenvalue weighted by atomic mass is 16.1. The van der Waals surface area contributed by atoms with Crippen molar-refractivity contribution in [1.29, 1.82) is 0 Å². The molecule has 2 nitrogen and oxygen atoms in total. The van der Waals surface area contributed by atoms with Gasteiger partial charge in [0.1, 0.15) is 0 Å². The molecule has 2 heteroatoms. The maximum absolute atomic E-state index is 10.7. The molecule has 1 aromatic carbocycles. The zero-order valence-corrected chi connectivity index (χ0v) is 11.1. The molecule has 1 aliphatic carbocycles. The van der Waals surface area contributed by atoms with Gasteiger partial charge in [-0.3, -0.25) is 4.79 Å². The molecular formula is C16H21NO. The Hall–Kier alpha value is -1.31. The van der Waals surface area contributed by atoms with Crippen molar-refractivity contribution in [3.63, 3.8) is 0 Å². The fraction of sp³-hybridized carbons (Fsp3) is 0.562. The molecule has 1 heterocycles. The summed E-state index contributed by atoms with van der Waals surface area (Å²) in [7, 11) is 0. The van der Waals surface area contributed by atoms with Crippen molar-refractivity contribution in [3.05, 3.63) is 35.4 Å². The Bertz CT molecular complexity index is 438. The Kier molecular flexibility index (Phi) is 2.89. The summed E-state index contributed by atoms with van der Waals surface area (Å²) in [4.78, 5) is 12.6. The lowest BCUT2D eigenvalue weighted by Crippen LogP contribution is -2.56. The second-order valence-electron chi connectivity index (χ2n) is 6.14. The zero-order valence-electron chi connectivity index (χ0n) is 11.1. The van der Waals surface area contributed by atoms with Crippen LogP contribution in [-0.2, 0) is 4.79 Å². The normalized spacial score (nSPS) is 22.8. The minimum absolute atomic E-state index is 0.472. The predicted molar refractivity (Wildman–Crippen MR) is 72.5 cm³/mol. The predicted octanol–water partition coefficient (Wildman–Crippen LogP) is 3.11. The standard InChI is InChI=1S/C16H21NO/c1-13-4-2-3-5-15(13)14-6-8-16(9-7-14)10-17(11-16)12-18/h2-5,12,14H,6-11H2,1H3. The Morgan fingerprint density at radius 1 is 1.22 bits per heavy atom. The lowest BCUT2D eigenvalue weighted by Gasteiger charge is -2.52. The molecule has 1 spiro atoms. The van der Waals surface area contributed by atoms with Crippen molar-refractivity contribution in [1.82, 2.24) is 4.90 Å². The second kappa shape index (κ2) is 4.42. The molecule has 1 aromatic rings. The third-order valence-corrected chi connectivity index (χ3v) is 4.90. The van der Waals surface area contributed by atoms with Crippen LogP contribution in [0, 0.1) is 12.3 Å². The number of amides is 1. The lowest BCUT2D eigenvalue weighted by atomic mass is 9.65. The van der Waals surface area contributed by atoms with Gasteiger partial charge in [0.2, 0.25) is 6.41 Å². The maximum atomic E-state index is 10.7. The number of carbonyl (C=O) groups is 1. The highest BCUT2D eigenvalue weighted by molar-refractivity contribution is 5.49. The van der Waals surface area contributed by atoms with E-state index < -0.39 is 0 Å². The van der Waals surface area contributed by atoms with Gasteiger partial charge in [0, 0.05) is 18.5 Å². The minimum atomic E-state index is 0.472. The van der Waals surface area contributed by atoms with Crippen LogP contribution in [0.2, 0.25) is 0 Å². The van der Waals surface area contributed by atoms with Crippen molar-refractivity contribution in [2.24, 2.45) is 5.41 Å². The van der Waals surface area contributed by atoms with E-state index in [-0.39, 0.29) is 0 Å². The molecule has 2 fully saturated rings. The molecule has 3 rings (SSSR count). The fourth-order valence-electron chi connectivity index (χ4n) is 3.79. The topological polar surface area (TPSA) is 20.3 Å². The van der Waals surface area contributed by atoms with Crippen LogP contribution in [0.15, 0.2) is 24.3 Å². The summed E-state index contributed by atoms with van der Waals surface area (Å²) in [5.41, 5.74) is 3.44. The summed E-state index contributed by atoms with van der Waals surface area (Å²) >= 11 is 0. The van der Waals surface area contributed by atoms with E-state index in [1.54, 1.807) is 5.56 Å². The first kappa shape index (κ1) is 11.8. The molecule has 0 aromatic heterocycles. The van der Waals surface area contributed by atoms with E-state index in [0.29, 0.717) is 5.41 Å². The number of nitrogens with zero attached hydrogens (tertiary/aromatic N) is 1. The van der Waals surface area contributed by atoms with Gasteiger partial charge in [-0.05, 0) is 49.7 Å². The first-order valence-electron chi connectivity index (χ1n) is 6.97. The van der Waals surface area contributed by atoms with Crippen LogP contribution in [0.3, 0.4) is 0 Å². The van der Waals surface area contributed by atoms with E-state index in [1.165, 1.54) is 31.2 Å². The van der Waals surface area contributed by atoms with Crippen molar-refractivity contribution in [3.8, 4) is 0 Å². The molecule has 1 aliphatic heterocycles. The van der Waals surface area contributed by atoms with Gasteiger partial charge in [0.25, 0.3) is 0 Å². The van der Waals surface area contributed by atoms with Gasteiger partial charge in [-0.2, -0.15) is 0 Å². The molecule has 1 amide bonds. The average molecular weight is 243 g/mol. The Morgan fingerprint density at radius 2 is 1.89 bits per heavy atom. The van der Waals surface area contributed by atoms with Crippen LogP contribution in [0.1, 0.15) is 42.7 Å². The van der Waals surface area contributed by atoms with E-state index in [1.807, 2.05) is 4.90 Å². The molecule has 2 aliphatic rings. The first-order chi connectivity index (χ1) is 8.72. The summed E-state index contributed by atoms with van der Waals surface area (Å²) in [6.45, 7) is 4.21. The van der Waals surface area contributed by atoms with Gasteiger partial charge in [-0.25, -0.2) is 0 Å². The van der Waals surface area contributed by atoms with Crippen LogP contribution in [0.25, 0.3) is 0 Å². The number of benzene rings is 1. The number of hydrogen-bond acceptors (Lipinski definition) is 1. The molecule has 96 valence electrons. The minimum Gasteiger partial charge on any atom is -0.344 e. The quantitative estimate of drug-likeness (QED) is 0.731. The monoisotopic (exact) mass is 243 g/mol. The Labute approximate surface area is 109 Å². The summed E-state index contributed by atoms with van der Waals surface area (Å²) in [5, 5.41) is 0. The third kappa shape index (κ3) is 1.94. The average Bonchev–Trinajstić information content (AvgIpc) is 2.37. The van der Waals surface area contributed by atoms with Crippen molar-refractivity contribution < 1.29 is 4.79 Å². The SMILES string of the molecule is Cc1ccccc1C1CCC2(CC1)CN(C=O)C2. The molecule has 0 atom stereocenters. The third-order valence-electron chi connectivity index (χ3n) is 4.90. The first-order valence-corrected chi connectivity index (χ1v) is 6.97. The van der Waals surface area contributed by atoms with E-state index in [9.17, 15) is 4.79 Å². The molecular weight excluding hydrogens is 222 g/mol. The lowest BCUT2D eigenvalue weighted by molar-refractivity contribution is -0.131. The molecule has 18 heavy (non-hydrogen) atoms. The largest absolute Gasteiger partial charge is 0.344 e. The summed E-state index contributed by atoms with van der Waals surface area (Å²) in [5.74, 6) is 0.738. The number of rotatable bonds is 2. The van der Waals surface area contributed by atoms with Crippen LogP contribution in [0.5, 0.6) is 0 Å². The van der Waals surface area contributed by atoms with Crippen molar-refractivity contribution in [2.45, 2.75) is 38.5 Å². The Balaban J connectivity index is 1.64. The molecule has 1 saturated heterocycles. The van der Waals surface area contributed by atoms with E-state index in [2.05, 4.69) is 31.2 Å². The Morgan fingerprint density at radius 3 is 2.50 bits per heavy atom. The van der Waals surface area contributed by atoms with Crippen molar-refractivity contribution in [2.75, 3.05) is 13.1 Å². The van der Waals surface area contributed by atoms with Crippen LogP contribution < -0.4 is 0 Å².